The highest BCUT2D eigenvalue weighted by atomic mass is 35.5. The normalized spacial score (nSPS) is 11.4. The summed E-state index contributed by atoms with van der Waals surface area (Å²) < 4.78 is 50.8. The van der Waals surface area contributed by atoms with Crippen molar-refractivity contribution < 1.29 is 17.6 Å². The van der Waals surface area contributed by atoms with Gasteiger partial charge in [0.2, 0.25) is 5.28 Å². The Morgan fingerprint density at radius 3 is 2.60 bits per heavy atom. The lowest BCUT2D eigenvalue weighted by Gasteiger charge is -2.12. The first kappa shape index (κ1) is 14.3. The Bertz CT molecular complexity index is 645. The summed E-state index contributed by atoms with van der Waals surface area (Å²) in [5.41, 5.74) is 4.22. The molecule has 0 spiro atoms. The number of aromatic nitrogens is 2. The molecule has 0 aliphatic heterocycles. The molecule has 0 fully saturated rings. The highest BCUT2D eigenvalue weighted by molar-refractivity contribution is 6.28. The van der Waals surface area contributed by atoms with Crippen molar-refractivity contribution in [3.63, 3.8) is 0 Å². The second-order valence-corrected chi connectivity index (χ2v) is 4.10. The minimum atomic E-state index is -4.80. The minimum Gasteiger partial charge on any atom is -0.394 e. The zero-order valence-electron chi connectivity index (χ0n) is 9.67. The van der Waals surface area contributed by atoms with E-state index in [0.717, 1.165) is 6.07 Å². The molecule has 2 aromatic rings. The molecule has 20 heavy (non-hydrogen) atoms. The van der Waals surface area contributed by atoms with Crippen LogP contribution in [0.3, 0.4) is 0 Å². The van der Waals surface area contributed by atoms with E-state index in [9.17, 15) is 17.6 Å². The molecule has 3 N–H and O–H groups in total. The third kappa shape index (κ3) is 3.08. The lowest BCUT2D eigenvalue weighted by molar-refractivity contribution is -0.139. The number of rotatable bonds is 2. The van der Waals surface area contributed by atoms with E-state index in [0.29, 0.717) is 12.1 Å². The van der Waals surface area contributed by atoms with Crippen LogP contribution in [0.5, 0.6) is 0 Å². The van der Waals surface area contributed by atoms with Crippen molar-refractivity contribution in [1.29, 1.82) is 0 Å². The molecule has 0 unspecified atom stereocenters. The van der Waals surface area contributed by atoms with E-state index in [-0.39, 0.29) is 22.5 Å². The van der Waals surface area contributed by atoms with Crippen molar-refractivity contribution in [2.45, 2.75) is 6.18 Å². The molecule has 1 aromatic heterocycles. The van der Waals surface area contributed by atoms with E-state index in [1.807, 2.05) is 0 Å². The number of nitrogens with zero attached hydrogens (tertiary/aromatic N) is 2. The molecule has 0 aliphatic carbocycles. The highest BCUT2D eigenvalue weighted by Gasteiger charge is 2.34. The molecule has 0 saturated heterocycles. The van der Waals surface area contributed by atoms with Crippen LogP contribution in [-0.4, -0.2) is 9.97 Å². The number of hydrogen-bond donors (Lipinski definition) is 2. The van der Waals surface area contributed by atoms with Gasteiger partial charge >= 0.3 is 6.18 Å². The first-order valence-corrected chi connectivity index (χ1v) is 5.57. The summed E-state index contributed by atoms with van der Waals surface area (Å²) >= 11 is 5.55. The van der Waals surface area contributed by atoms with Crippen LogP contribution in [0.1, 0.15) is 5.56 Å². The van der Waals surface area contributed by atoms with E-state index < -0.39 is 17.6 Å². The first-order chi connectivity index (χ1) is 9.27. The second-order valence-electron chi connectivity index (χ2n) is 3.76. The molecule has 0 amide bonds. The zero-order chi connectivity index (χ0) is 14.9. The highest BCUT2D eigenvalue weighted by Crippen LogP contribution is 2.34. The molecule has 1 aromatic carbocycles. The van der Waals surface area contributed by atoms with Crippen molar-refractivity contribution in [1.82, 2.24) is 9.97 Å². The number of nitrogens with two attached hydrogens (primary N) is 1. The van der Waals surface area contributed by atoms with Crippen molar-refractivity contribution >= 4 is 28.8 Å². The summed E-state index contributed by atoms with van der Waals surface area (Å²) in [5.74, 6) is -1.33. The van der Waals surface area contributed by atoms with Crippen LogP contribution in [0.25, 0.3) is 0 Å². The van der Waals surface area contributed by atoms with E-state index in [1.165, 1.54) is 6.20 Å². The fraction of sp³-hybridized carbons (Fsp3) is 0.0909. The number of hydrogen-bond acceptors (Lipinski definition) is 4. The SMILES string of the molecule is Nc1cnc(Cl)nc1Nc1ccc(F)c(C(F)(F)F)c1. The van der Waals surface area contributed by atoms with Crippen LogP contribution < -0.4 is 11.1 Å². The van der Waals surface area contributed by atoms with Gasteiger partial charge in [-0.05, 0) is 29.8 Å². The van der Waals surface area contributed by atoms with Crippen molar-refractivity contribution in [2.24, 2.45) is 0 Å². The van der Waals surface area contributed by atoms with Gasteiger partial charge in [0.1, 0.15) is 5.82 Å². The molecule has 0 radical (unpaired) electrons. The molecule has 2 rings (SSSR count). The van der Waals surface area contributed by atoms with Gasteiger partial charge in [-0.15, -0.1) is 0 Å². The largest absolute Gasteiger partial charge is 0.419 e. The van der Waals surface area contributed by atoms with Gasteiger partial charge in [-0.3, -0.25) is 0 Å². The van der Waals surface area contributed by atoms with Gasteiger partial charge in [0.15, 0.2) is 5.82 Å². The number of nitrogen functional groups attached to an aromatic ring is 1. The number of halogens is 5. The maximum Gasteiger partial charge on any atom is 0.419 e. The van der Waals surface area contributed by atoms with Gasteiger partial charge in [0, 0.05) is 5.69 Å². The molecule has 1 heterocycles. The standard InChI is InChI=1S/C11H7ClF4N4/c12-10-18-4-8(17)9(20-10)19-5-1-2-7(13)6(3-5)11(14,15)16/h1-4H,17H2,(H,18,19,20). The molecule has 9 heteroatoms. The minimum absolute atomic E-state index is 0.0276. The lowest BCUT2D eigenvalue weighted by atomic mass is 10.2. The third-order valence-corrected chi connectivity index (χ3v) is 2.50. The molecule has 0 aliphatic rings. The summed E-state index contributed by atoms with van der Waals surface area (Å²) in [6, 6.07) is 2.44. The van der Waals surface area contributed by atoms with Gasteiger partial charge in [-0.25, -0.2) is 9.37 Å². The van der Waals surface area contributed by atoms with Gasteiger partial charge in [0.05, 0.1) is 17.4 Å². The van der Waals surface area contributed by atoms with Crippen LogP contribution >= 0.6 is 11.6 Å². The number of benzene rings is 1. The average molecular weight is 307 g/mol. The van der Waals surface area contributed by atoms with Gasteiger partial charge in [-0.2, -0.15) is 18.2 Å². The van der Waals surface area contributed by atoms with Crippen LogP contribution in [-0.2, 0) is 6.18 Å². The van der Waals surface area contributed by atoms with Gasteiger partial charge in [-0.1, -0.05) is 0 Å². The third-order valence-electron chi connectivity index (χ3n) is 2.32. The second kappa shape index (κ2) is 5.12. The van der Waals surface area contributed by atoms with Crippen molar-refractivity contribution in [2.75, 3.05) is 11.1 Å². The van der Waals surface area contributed by atoms with Crippen molar-refractivity contribution in [3.05, 3.63) is 41.1 Å². The Labute approximate surface area is 115 Å². The van der Waals surface area contributed by atoms with E-state index >= 15 is 0 Å². The van der Waals surface area contributed by atoms with Crippen LogP contribution in [0, 0.1) is 5.82 Å². The predicted octanol–water partition coefficient (Wildman–Crippen LogP) is 3.61. The van der Waals surface area contributed by atoms with Gasteiger partial charge in [0.25, 0.3) is 0 Å². The molecular weight excluding hydrogens is 300 g/mol. The summed E-state index contributed by atoms with van der Waals surface area (Å²) in [7, 11) is 0. The van der Waals surface area contributed by atoms with Crippen LogP contribution in [0.2, 0.25) is 5.28 Å². The molecule has 0 saturated carbocycles. The Balaban J connectivity index is 2.37. The quantitative estimate of drug-likeness (QED) is 0.657. The summed E-state index contributed by atoms with van der Waals surface area (Å²) in [6.07, 6.45) is -3.59. The smallest absolute Gasteiger partial charge is 0.394 e. The molecule has 4 nitrogen and oxygen atoms in total. The summed E-state index contributed by atoms with van der Waals surface area (Å²) in [4.78, 5) is 7.33. The summed E-state index contributed by atoms with van der Waals surface area (Å²) in [5, 5.41) is 2.40. The Morgan fingerprint density at radius 2 is 1.95 bits per heavy atom. The topological polar surface area (TPSA) is 63.8 Å². The van der Waals surface area contributed by atoms with Crippen molar-refractivity contribution in [3.8, 4) is 0 Å². The number of anilines is 3. The Kier molecular flexibility index (Phi) is 3.67. The monoisotopic (exact) mass is 306 g/mol. The maximum atomic E-state index is 13.1. The molecule has 106 valence electrons. The molecular formula is C11H7ClF4N4. The lowest BCUT2D eigenvalue weighted by Crippen LogP contribution is -2.09. The predicted molar refractivity (Wildman–Crippen MR) is 66.1 cm³/mol. The Hall–Kier alpha value is -2.09. The van der Waals surface area contributed by atoms with Crippen LogP contribution in [0.4, 0.5) is 34.8 Å². The van der Waals surface area contributed by atoms with Gasteiger partial charge < -0.3 is 11.1 Å². The Morgan fingerprint density at radius 1 is 1.25 bits per heavy atom. The average Bonchev–Trinajstić information content (AvgIpc) is 2.35. The zero-order valence-corrected chi connectivity index (χ0v) is 10.4. The van der Waals surface area contributed by atoms with E-state index in [4.69, 9.17) is 17.3 Å². The van der Waals surface area contributed by atoms with E-state index in [1.54, 1.807) is 0 Å². The van der Waals surface area contributed by atoms with Crippen LogP contribution in [0.15, 0.2) is 24.4 Å². The fourth-order valence-corrected chi connectivity index (χ4v) is 1.56. The summed E-state index contributed by atoms with van der Waals surface area (Å²) in [6.45, 7) is 0. The maximum absolute atomic E-state index is 13.1. The number of nitrogens with one attached hydrogen (secondary N) is 1. The van der Waals surface area contributed by atoms with E-state index in [2.05, 4.69) is 15.3 Å². The molecule has 0 bridgehead atoms. The fourth-order valence-electron chi connectivity index (χ4n) is 1.43. The first-order valence-electron chi connectivity index (χ1n) is 5.19. The molecule has 0 atom stereocenters. The number of alkyl halides is 3.